The van der Waals surface area contributed by atoms with Crippen LogP contribution in [0.1, 0.15) is 33.5 Å². The van der Waals surface area contributed by atoms with E-state index in [2.05, 4.69) is 4.74 Å². The summed E-state index contributed by atoms with van der Waals surface area (Å²) in [6, 6.07) is 3.92. The molecule has 6 heteroatoms. The molecule has 90 valence electrons. The highest BCUT2D eigenvalue weighted by Crippen LogP contribution is 2.28. The van der Waals surface area contributed by atoms with Gasteiger partial charge in [0.1, 0.15) is 0 Å². The fourth-order valence-corrected chi connectivity index (χ4v) is 1.47. The van der Waals surface area contributed by atoms with Gasteiger partial charge in [0, 0.05) is 12.1 Å². The standard InChI is InChI=1S/C11H10F2N2O2/c1-17-11(16)6-2-7(4-14)9(10(12)13)8(3-6)5-15/h2-3,10H,4,14H2,1H3. The summed E-state index contributed by atoms with van der Waals surface area (Å²) in [5.74, 6) is -0.697. The van der Waals surface area contributed by atoms with Crippen LogP contribution < -0.4 is 5.73 Å². The molecule has 0 aliphatic rings. The van der Waals surface area contributed by atoms with Crippen molar-refractivity contribution in [2.24, 2.45) is 5.73 Å². The van der Waals surface area contributed by atoms with Gasteiger partial charge in [-0.25, -0.2) is 13.6 Å². The maximum atomic E-state index is 12.8. The molecule has 0 unspecified atom stereocenters. The number of benzene rings is 1. The predicted octanol–water partition coefficient (Wildman–Crippen LogP) is 1.74. The van der Waals surface area contributed by atoms with Crippen LogP contribution in [0.2, 0.25) is 0 Å². The Morgan fingerprint density at radius 2 is 2.24 bits per heavy atom. The number of esters is 1. The van der Waals surface area contributed by atoms with E-state index in [4.69, 9.17) is 11.0 Å². The van der Waals surface area contributed by atoms with Crippen LogP contribution in [0.25, 0.3) is 0 Å². The van der Waals surface area contributed by atoms with Crippen molar-refractivity contribution in [3.05, 3.63) is 34.4 Å². The molecule has 1 aromatic carbocycles. The molecule has 0 aromatic heterocycles. The number of methoxy groups -OCH3 is 1. The lowest BCUT2D eigenvalue weighted by Gasteiger charge is -2.11. The molecular weight excluding hydrogens is 230 g/mol. The summed E-state index contributed by atoms with van der Waals surface area (Å²) in [6.45, 7) is -0.181. The van der Waals surface area contributed by atoms with Crippen LogP contribution in [-0.4, -0.2) is 13.1 Å². The van der Waals surface area contributed by atoms with Gasteiger partial charge in [0.25, 0.3) is 6.43 Å². The quantitative estimate of drug-likeness (QED) is 0.816. The minimum Gasteiger partial charge on any atom is -0.465 e. The molecule has 0 aliphatic heterocycles. The van der Waals surface area contributed by atoms with Crippen molar-refractivity contribution in [3.63, 3.8) is 0 Å². The molecule has 0 amide bonds. The second kappa shape index (κ2) is 5.37. The summed E-state index contributed by atoms with van der Waals surface area (Å²) >= 11 is 0. The van der Waals surface area contributed by atoms with Crippen LogP contribution >= 0.6 is 0 Å². The molecule has 17 heavy (non-hydrogen) atoms. The van der Waals surface area contributed by atoms with Crippen molar-refractivity contribution in [3.8, 4) is 6.07 Å². The lowest BCUT2D eigenvalue weighted by atomic mass is 9.98. The maximum Gasteiger partial charge on any atom is 0.337 e. The smallest absolute Gasteiger partial charge is 0.337 e. The van der Waals surface area contributed by atoms with Crippen LogP contribution in [-0.2, 0) is 11.3 Å². The number of ether oxygens (including phenoxy) is 1. The number of hydrogen-bond acceptors (Lipinski definition) is 4. The third kappa shape index (κ3) is 2.57. The van der Waals surface area contributed by atoms with Crippen LogP contribution in [0.5, 0.6) is 0 Å². The Balaban J connectivity index is 3.46. The number of alkyl halides is 2. The van der Waals surface area contributed by atoms with Crippen molar-refractivity contribution in [1.82, 2.24) is 0 Å². The summed E-state index contributed by atoms with van der Waals surface area (Å²) in [6.07, 6.45) is -2.81. The average Bonchev–Trinajstić information content (AvgIpc) is 2.35. The molecule has 0 atom stereocenters. The third-order valence-electron chi connectivity index (χ3n) is 2.25. The molecule has 0 saturated heterocycles. The normalized spacial score (nSPS) is 10.1. The Labute approximate surface area is 96.6 Å². The number of nitrogens with zero attached hydrogens (tertiary/aromatic N) is 1. The fourth-order valence-electron chi connectivity index (χ4n) is 1.47. The van der Waals surface area contributed by atoms with E-state index in [1.54, 1.807) is 6.07 Å². The first kappa shape index (κ1) is 13.1. The second-order valence-corrected chi connectivity index (χ2v) is 3.20. The predicted molar refractivity (Wildman–Crippen MR) is 55.3 cm³/mol. The molecule has 4 nitrogen and oxygen atoms in total. The van der Waals surface area contributed by atoms with Gasteiger partial charge in [-0.3, -0.25) is 0 Å². The molecule has 0 fully saturated rings. The van der Waals surface area contributed by atoms with E-state index < -0.39 is 18.0 Å². The molecule has 0 aliphatic carbocycles. The Morgan fingerprint density at radius 1 is 1.59 bits per heavy atom. The van der Waals surface area contributed by atoms with E-state index in [0.717, 1.165) is 13.2 Å². The molecular formula is C11H10F2N2O2. The van der Waals surface area contributed by atoms with Gasteiger partial charge in [-0.05, 0) is 17.7 Å². The monoisotopic (exact) mass is 240 g/mol. The Bertz CT molecular complexity index is 481. The SMILES string of the molecule is COC(=O)c1cc(C#N)c(C(F)F)c(CN)c1. The van der Waals surface area contributed by atoms with Crippen molar-refractivity contribution in [1.29, 1.82) is 5.26 Å². The third-order valence-corrected chi connectivity index (χ3v) is 2.25. The van der Waals surface area contributed by atoms with Gasteiger partial charge in [-0.15, -0.1) is 0 Å². The van der Waals surface area contributed by atoms with Crippen molar-refractivity contribution < 1.29 is 18.3 Å². The Hall–Kier alpha value is -2.00. The summed E-state index contributed by atoms with van der Waals surface area (Å²) in [5.41, 5.74) is 4.74. The zero-order valence-corrected chi connectivity index (χ0v) is 9.04. The molecule has 1 rings (SSSR count). The van der Waals surface area contributed by atoms with Gasteiger partial charge in [0.05, 0.1) is 24.3 Å². The zero-order valence-electron chi connectivity index (χ0n) is 9.04. The van der Waals surface area contributed by atoms with Crippen LogP contribution in [0.3, 0.4) is 0 Å². The number of nitrogens with two attached hydrogens (primary N) is 1. The average molecular weight is 240 g/mol. The van der Waals surface area contributed by atoms with E-state index in [9.17, 15) is 13.6 Å². The van der Waals surface area contributed by atoms with Gasteiger partial charge < -0.3 is 10.5 Å². The minimum atomic E-state index is -2.81. The van der Waals surface area contributed by atoms with Crippen molar-refractivity contribution in [2.45, 2.75) is 13.0 Å². The number of halogens is 2. The number of carbonyl (C=O) groups excluding carboxylic acids is 1. The Kier molecular flexibility index (Phi) is 4.12. The molecule has 0 radical (unpaired) electrons. The number of carbonyl (C=O) groups is 1. The van der Waals surface area contributed by atoms with Gasteiger partial charge in [0.2, 0.25) is 0 Å². The fraction of sp³-hybridized carbons (Fsp3) is 0.273. The topological polar surface area (TPSA) is 76.1 Å². The lowest BCUT2D eigenvalue weighted by Crippen LogP contribution is -2.09. The van der Waals surface area contributed by atoms with E-state index >= 15 is 0 Å². The Morgan fingerprint density at radius 3 is 2.65 bits per heavy atom. The van der Waals surface area contributed by atoms with Gasteiger partial charge in [0.15, 0.2) is 0 Å². The summed E-state index contributed by atoms with van der Waals surface area (Å²) < 4.78 is 30.0. The van der Waals surface area contributed by atoms with Gasteiger partial charge in [-0.2, -0.15) is 5.26 Å². The largest absolute Gasteiger partial charge is 0.465 e. The molecule has 0 saturated carbocycles. The van der Waals surface area contributed by atoms with Gasteiger partial charge in [-0.1, -0.05) is 0 Å². The highest BCUT2D eigenvalue weighted by Gasteiger charge is 2.20. The van der Waals surface area contributed by atoms with Crippen LogP contribution in [0.15, 0.2) is 12.1 Å². The van der Waals surface area contributed by atoms with E-state index in [-0.39, 0.29) is 23.2 Å². The van der Waals surface area contributed by atoms with E-state index in [1.165, 1.54) is 6.07 Å². The van der Waals surface area contributed by atoms with Crippen LogP contribution in [0, 0.1) is 11.3 Å². The summed E-state index contributed by atoms with van der Waals surface area (Å²) in [4.78, 5) is 11.3. The highest BCUT2D eigenvalue weighted by atomic mass is 19.3. The first-order chi connectivity index (χ1) is 8.04. The first-order valence-corrected chi connectivity index (χ1v) is 4.68. The second-order valence-electron chi connectivity index (χ2n) is 3.20. The van der Waals surface area contributed by atoms with Crippen molar-refractivity contribution >= 4 is 5.97 Å². The number of nitriles is 1. The van der Waals surface area contributed by atoms with Crippen LogP contribution in [0.4, 0.5) is 8.78 Å². The number of rotatable bonds is 3. The first-order valence-electron chi connectivity index (χ1n) is 4.68. The maximum absolute atomic E-state index is 12.8. The van der Waals surface area contributed by atoms with Crippen molar-refractivity contribution in [2.75, 3.05) is 7.11 Å². The molecule has 0 heterocycles. The highest BCUT2D eigenvalue weighted by molar-refractivity contribution is 5.90. The summed E-state index contributed by atoms with van der Waals surface area (Å²) in [5, 5.41) is 8.79. The summed E-state index contributed by atoms with van der Waals surface area (Å²) in [7, 11) is 1.16. The number of hydrogen-bond donors (Lipinski definition) is 1. The lowest BCUT2D eigenvalue weighted by molar-refractivity contribution is 0.0600. The molecule has 0 spiro atoms. The molecule has 0 bridgehead atoms. The zero-order chi connectivity index (χ0) is 13.0. The van der Waals surface area contributed by atoms with Gasteiger partial charge >= 0.3 is 5.97 Å². The van der Waals surface area contributed by atoms with E-state index in [0.29, 0.717) is 0 Å². The van der Waals surface area contributed by atoms with E-state index in [1.807, 2.05) is 0 Å². The molecule has 2 N–H and O–H groups in total. The minimum absolute atomic E-state index is 0.0360. The molecule has 1 aromatic rings.